The van der Waals surface area contributed by atoms with Crippen LogP contribution in [0.4, 0.5) is 13.2 Å². The van der Waals surface area contributed by atoms with Gasteiger partial charge in [-0.25, -0.2) is 9.78 Å². The molecular formula is C34H29F3N2O4. The van der Waals surface area contributed by atoms with Crippen LogP contribution < -0.4 is 4.74 Å². The van der Waals surface area contributed by atoms with Crippen LogP contribution in [0.25, 0.3) is 33.9 Å². The van der Waals surface area contributed by atoms with Gasteiger partial charge in [0.1, 0.15) is 11.6 Å². The van der Waals surface area contributed by atoms with Crippen molar-refractivity contribution in [2.75, 3.05) is 14.2 Å². The Morgan fingerprint density at radius 1 is 0.837 bits per heavy atom. The van der Waals surface area contributed by atoms with Crippen molar-refractivity contribution in [3.05, 3.63) is 119 Å². The van der Waals surface area contributed by atoms with Crippen LogP contribution in [0.5, 0.6) is 5.75 Å². The van der Waals surface area contributed by atoms with Gasteiger partial charge in [-0.15, -0.1) is 0 Å². The molecule has 0 saturated heterocycles. The van der Waals surface area contributed by atoms with Crippen molar-refractivity contribution in [1.29, 1.82) is 0 Å². The van der Waals surface area contributed by atoms with E-state index >= 15 is 0 Å². The minimum atomic E-state index is -4.54. The molecule has 1 heterocycles. The number of nitrogens with zero attached hydrogens (tertiary/aromatic N) is 2. The second kappa shape index (κ2) is 12.1. The summed E-state index contributed by atoms with van der Waals surface area (Å²) in [6, 6.07) is 25.4. The lowest BCUT2D eigenvalue weighted by Crippen LogP contribution is -2.08. The second-order valence-electron chi connectivity index (χ2n) is 10.1. The lowest BCUT2D eigenvalue weighted by molar-refractivity contribution is -0.137. The van der Waals surface area contributed by atoms with E-state index in [-0.39, 0.29) is 13.2 Å². The van der Waals surface area contributed by atoms with E-state index in [0.29, 0.717) is 45.2 Å². The predicted octanol–water partition coefficient (Wildman–Crippen LogP) is 7.55. The molecule has 43 heavy (non-hydrogen) atoms. The molecule has 5 rings (SSSR count). The van der Waals surface area contributed by atoms with E-state index in [2.05, 4.69) is 0 Å². The Bertz CT molecular complexity index is 1740. The molecule has 0 unspecified atom stereocenters. The summed E-state index contributed by atoms with van der Waals surface area (Å²) >= 11 is 0. The first-order chi connectivity index (χ1) is 20.6. The predicted molar refractivity (Wildman–Crippen MR) is 158 cm³/mol. The molecule has 0 bridgehead atoms. The van der Waals surface area contributed by atoms with Crippen LogP contribution >= 0.6 is 0 Å². The van der Waals surface area contributed by atoms with E-state index < -0.39 is 17.7 Å². The number of carbonyl (C=O) groups is 1. The number of aliphatic hydroxyl groups is 1. The molecule has 0 amide bonds. The quantitative estimate of drug-likeness (QED) is 0.190. The van der Waals surface area contributed by atoms with Crippen molar-refractivity contribution in [2.24, 2.45) is 0 Å². The third kappa shape index (κ3) is 6.32. The van der Waals surface area contributed by atoms with E-state index in [4.69, 9.17) is 14.5 Å². The third-order valence-electron chi connectivity index (χ3n) is 7.12. The molecule has 220 valence electrons. The highest BCUT2D eigenvalue weighted by atomic mass is 19.4. The molecule has 0 aliphatic heterocycles. The third-order valence-corrected chi connectivity index (χ3v) is 7.12. The van der Waals surface area contributed by atoms with Crippen LogP contribution in [0.15, 0.2) is 91.0 Å². The number of benzene rings is 4. The van der Waals surface area contributed by atoms with Gasteiger partial charge in [-0.1, -0.05) is 36.4 Å². The summed E-state index contributed by atoms with van der Waals surface area (Å²) in [6.07, 6.45) is -4.54. The van der Waals surface area contributed by atoms with Crippen molar-refractivity contribution in [1.82, 2.24) is 9.55 Å². The van der Waals surface area contributed by atoms with E-state index in [1.54, 1.807) is 56.5 Å². The number of hydrogen-bond acceptors (Lipinski definition) is 5. The molecule has 4 aromatic carbocycles. The van der Waals surface area contributed by atoms with Gasteiger partial charge in [0.25, 0.3) is 0 Å². The number of alkyl halides is 3. The van der Waals surface area contributed by atoms with Crippen LogP contribution in [0.1, 0.15) is 32.6 Å². The van der Waals surface area contributed by atoms with Gasteiger partial charge in [0.05, 0.1) is 43.3 Å². The van der Waals surface area contributed by atoms with Gasteiger partial charge in [0.2, 0.25) is 0 Å². The monoisotopic (exact) mass is 586 g/mol. The van der Waals surface area contributed by atoms with E-state index in [0.717, 1.165) is 28.8 Å². The number of rotatable bonds is 8. The highest BCUT2D eigenvalue weighted by Gasteiger charge is 2.32. The normalized spacial score (nSPS) is 11.4. The highest BCUT2D eigenvalue weighted by molar-refractivity contribution is 5.89. The largest absolute Gasteiger partial charge is 0.497 e. The minimum Gasteiger partial charge on any atom is -0.497 e. The zero-order chi connectivity index (χ0) is 30.7. The summed E-state index contributed by atoms with van der Waals surface area (Å²) in [6.45, 7) is 1.74. The smallest absolute Gasteiger partial charge is 0.416 e. The van der Waals surface area contributed by atoms with Crippen molar-refractivity contribution >= 4 is 5.97 Å². The van der Waals surface area contributed by atoms with E-state index in [1.807, 2.05) is 41.0 Å². The van der Waals surface area contributed by atoms with E-state index in [1.165, 1.54) is 7.11 Å². The van der Waals surface area contributed by atoms with Gasteiger partial charge in [-0.2, -0.15) is 13.2 Å². The van der Waals surface area contributed by atoms with Crippen LogP contribution in [-0.4, -0.2) is 34.8 Å². The Kier molecular flexibility index (Phi) is 8.36. The standard InChI is InChI=1S/C34H29F3N2O4/c1-21-16-27(18-28(17-21)34(35,36)37)32-38-30(24-8-6-23(20-40)7-9-24)31(25-12-14-29(42-2)15-13-25)39(32)19-22-4-10-26(11-5-22)33(41)43-3/h4-18,40H,19-20H2,1-3H3. The number of hydrogen-bond donors (Lipinski definition) is 1. The maximum absolute atomic E-state index is 13.9. The summed E-state index contributed by atoms with van der Waals surface area (Å²) in [4.78, 5) is 17.0. The minimum absolute atomic E-state index is 0.129. The molecule has 0 aliphatic rings. The lowest BCUT2D eigenvalue weighted by Gasteiger charge is -2.16. The fourth-order valence-electron chi connectivity index (χ4n) is 4.96. The van der Waals surface area contributed by atoms with Crippen molar-refractivity contribution in [3.8, 4) is 39.7 Å². The maximum Gasteiger partial charge on any atom is 0.416 e. The van der Waals surface area contributed by atoms with Gasteiger partial charge in [-0.05, 0) is 78.2 Å². The SMILES string of the molecule is COC(=O)c1ccc(Cn2c(-c3cc(C)cc(C(F)(F)F)c3)nc(-c3ccc(CO)cc3)c2-c2ccc(OC)cc2)cc1. The number of aliphatic hydroxyl groups excluding tert-OH is 1. The van der Waals surface area contributed by atoms with Crippen molar-refractivity contribution in [2.45, 2.75) is 26.3 Å². The first-order valence-corrected chi connectivity index (χ1v) is 13.4. The number of imidazole rings is 1. The average Bonchev–Trinajstić information content (AvgIpc) is 3.39. The first-order valence-electron chi connectivity index (χ1n) is 13.4. The van der Waals surface area contributed by atoms with Crippen LogP contribution in [0.3, 0.4) is 0 Å². The number of ether oxygens (including phenoxy) is 2. The van der Waals surface area contributed by atoms with Crippen LogP contribution in [0, 0.1) is 6.92 Å². The Labute approximate surface area is 247 Å². The van der Waals surface area contributed by atoms with Crippen molar-refractivity contribution in [3.63, 3.8) is 0 Å². The van der Waals surface area contributed by atoms with Gasteiger partial charge < -0.3 is 19.1 Å². The lowest BCUT2D eigenvalue weighted by atomic mass is 10.0. The maximum atomic E-state index is 13.9. The summed E-state index contributed by atoms with van der Waals surface area (Å²) in [5.74, 6) is 0.524. The van der Waals surface area contributed by atoms with Crippen molar-refractivity contribution < 1.29 is 32.5 Å². The molecule has 0 radical (unpaired) electrons. The number of aromatic nitrogens is 2. The zero-order valence-corrected chi connectivity index (χ0v) is 23.8. The summed E-state index contributed by atoms with van der Waals surface area (Å²) in [5, 5.41) is 9.58. The molecule has 0 saturated carbocycles. The fraction of sp³-hybridized carbons (Fsp3) is 0.176. The Balaban J connectivity index is 1.78. The molecule has 5 aromatic rings. The molecule has 0 fully saturated rings. The van der Waals surface area contributed by atoms with Crippen LogP contribution in [-0.2, 0) is 24.1 Å². The summed E-state index contributed by atoms with van der Waals surface area (Å²) < 4.78 is 53.8. The molecule has 1 aromatic heterocycles. The second-order valence-corrected chi connectivity index (χ2v) is 10.1. The molecule has 0 spiro atoms. The first kappa shape index (κ1) is 29.6. The summed E-state index contributed by atoms with van der Waals surface area (Å²) in [7, 11) is 2.88. The Hall–Kier alpha value is -4.89. The number of aryl methyl sites for hydroxylation is 1. The Morgan fingerprint density at radius 2 is 1.47 bits per heavy atom. The molecule has 0 atom stereocenters. The number of halogens is 3. The fourth-order valence-corrected chi connectivity index (χ4v) is 4.96. The topological polar surface area (TPSA) is 73.6 Å². The Morgan fingerprint density at radius 3 is 2.05 bits per heavy atom. The van der Waals surface area contributed by atoms with Gasteiger partial charge in [-0.3, -0.25) is 0 Å². The van der Waals surface area contributed by atoms with Gasteiger partial charge in [0, 0.05) is 23.2 Å². The molecular weight excluding hydrogens is 557 g/mol. The van der Waals surface area contributed by atoms with E-state index in [9.17, 15) is 23.1 Å². The molecule has 1 N–H and O–H groups in total. The highest BCUT2D eigenvalue weighted by Crippen LogP contribution is 2.39. The van der Waals surface area contributed by atoms with Gasteiger partial charge in [0.15, 0.2) is 0 Å². The van der Waals surface area contributed by atoms with Crippen LogP contribution in [0.2, 0.25) is 0 Å². The summed E-state index contributed by atoms with van der Waals surface area (Å²) in [5.41, 5.74) is 4.63. The zero-order valence-electron chi connectivity index (χ0n) is 23.8. The number of esters is 1. The number of carbonyl (C=O) groups excluding carboxylic acids is 1. The molecule has 6 nitrogen and oxygen atoms in total. The number of methoxy groups -OCH3 is 2. The molecule has 0 aliphatic carbocycles. The van der Waals surface area contributed by atoms with Gasteiger partial charge >= 0.3 is 12.1 Å². The average molecular weight is 587 g/mol. The molecule has 9 heteroatoms.